The third kappa shape index (κ3) is 4.05. The molecular weight excluding hydrogens is 200 g/mol. The van der Waals surface area contributed by atoms with Crippen LogP contribution < -0.4 is 5.43 Å². The molecule has 0 atom stereocenters. The van der Waals surface area contributed by atoms with Crippen molar-refractivity contribution in [3.05, 3.63) is 35.9 Å². The molecule has 0 aliphatic rings. The van der Waals surface area contributed by atoms with Gasteiger partial charge in [0, 0.05) is 0 Å². The van der Waals surface area contributed by atoms with Gasteiger partial charge in [0.15, 0.2) is 4.32 Å². The molecule has 0 bridgehead atoms. The summed E-state index contributed by atoms with van der Waals surface area (Å²) in [6.45, 7) is 0. The van der Waals surface area contributed by atoms with Gasteiger partial charge >= 0.3 is 0 Å². The van der Waals surface area contributed by atoms with Gasteiger partial charge in [0.2, 0.25) is 0 Å². The predicted molar refractivity (Wildman–Crippen MR) is 63.3 cm³/mol. The number of hydrogen-bond donors (Lipinski definition) is 1. The minimum Gasteiger partial charge on any atom is -0.262 e. The van der Waals surface area contributed by atoms with E-state index in [9.17, 15) is 0 Å². The molecule has 1 rings (SSSR count). The molecule has 0 unspecified atom stereocenters. The normalized spacial score (nSPS) is 10.2. The highest BCUT2D eigenvalue weighted by Gasteiger charge is 1.87. The standard InChI is InChI=1S/C9H10N2S2/c1-13-9(12)11-10-7-8-5-3-2-4-6-8/h2-7H,1H3,(H,11,12)/b10-7+. The molecule has 0 fully saturated rings. The van der Waals surface area contributed by atoms with Gasteiger partial charge in [-0.2, -0.15) is 5.10 Å². The first-order valence-corrected chi connectivity index (χ1v) is 5.38. The molecule has 68 valence electrons. The molecule has 2 nitrogen and oxygen atoms in total. The van der Waals surface area contributed by atoms with Crippen LogP contribution in [0.5, 0.6) is 0 Å². The predicted octanol–water partition coefficient (Wildman–Crippen LogP) is 2.26. The Bertz CT molecular complexity index is 296. The second-order valence-corrected chi connectivity index (χ2v) is 3.76. The van der Waals surface area contributed by atoms with Gasteiger partial charge in [-0.05, 0) is 11.8 Å². The number of hydrogen-bond acceptors (Lipinski definition) is 3. The van der Waals surface area contributed by atoms with Crippen molar-refractivity contribution in [2.24, 2.45) is 5.10 Å². The number of thiocarbonyl (C=S) groups is 1. The van der Waals surface area contributed by atoms with E-state index in [-0.39, 0.29) is 0 Å². The Morgan fingerprint density at radius 3 is 2.77 bits per heavy atom. The first-order valence-electron chi connectivity index (χ1n) is 3.75. The third-order valence-corrected chi connectivity index (χ3v) is 2.41. The number of benzene rings is 1. The highest BCUT2D eigenvalue weighted by atomic mass is 32.2. The molecule has 0 aliphatic carbocycles. The Balaban J connectivity index is 2.45. The van der Waals surface area contributed by atoms with Crippen LogP contribution >= 0.6 is 24.0 Å². The van der Waals surface area contributed by atoms with Crippen molar-refractivity contribution in [3.63, 3.8) is 0 Å². The topological polar surface area (TPSA) is 24.4 Å². The zero-order chi connectivity index (χ0) is 9.52. The zero-order valence-corrected chi connectivity index (χ0v) is 8.86. The fraction of sp³-hybridized carbons (Fsp3) is 0.111. The van der Waals surface area contributed by atoms with Crippen molar-refractivity contribution in [1.29, 1.82) is 0 Å². The number of nitrogens with one attached hydrogen (secondary N) is 1. The molecule has 0 saturated heterocycles. The van der Waals surface area contributed by atoms with Gasteiger partial charge in [0.05, 0.1) is 6.21 Å². The first kappa shape index (κ1) is 10.2. The lowest BCUT2D eigenvalue weighted by Crippen LogP contribution is -2.09. The van der Waals surface area contributed by atoms with Crippen molar-refractivity contribution >= 4 is 34.5 Å². The van der Waals surface area contributed by atoms with E-state index in [0.717, 1.165) is 5.56 Å². The summed E-state index contributed by atoms with van der Waals surface area (Å²) < 4.78 is 0.673. The van der Waals surface area contributed by atoms with Crippen molar-refractivity contribution in [2.75, 3.05) is 6.26 Å². The average molecular weight is 210 g/mol. The number of hydrazone groups is 1. The summed E-state index contributed by atoms with van der Waals surface area (Å²) in [6.07, 6.45) is 3.65. The molecule has 1 aromatic carbocycles. The minimum atomic E-state index is 0.673. The van der Waals surface area contributed by atoms with Crippen LogP contribution in [0.4, 0.5) is 0 Å². The Hall–Kier alpha value is -0.870. The molecule has 0 heterocycles. The second-order valence-electron chi connectivity index (χ2n) is 2.27. The smallest absolute Gasteiger partial charge is 0.153 e. The number of rotatable bonds is 2. The molecule has 1 aromatic rings. The molecule has 1 N–H and O–H groups in total. The van der Waals surface area contributed by atoms with Gasteiger partial charge in [-0.15, -0.1) is 0 Å². The maximum atomic E-state index is 4.91. The Morgan fingerprint density at radius 2 is 2.15 bits per heavy atom. The lowest BCUT2D eigenvalue weighted by molar-refractivity contribution is 1.07. The number of thioether (sulfide) groups is 1. The van der Waals surface area contributed by atoms with Gasteiger partial charge in [-0.3, -0.25) is 5.43 Å². The van der Waals surface area contributed by atoms with E-state index in [1.165, 1.54) is 11.8 Å². The minimum absolute atomic E-state index is 0.673. The molecular formula is C9H10N2S2. The summed E-state index contributed by atoms with van der Waals surface area (Å²) in [5, 5.41) is 3.98. The largest absolute Gasteiger partial charge is 0.262 e. The molecule has 0 radical (unpaired) electrons. The van der Waals surface area contributed by atoms with Crippen molar-refractivity contribution in [2.45, 2.75) is 0 Å². The quantitative estimate of drug-likeness (QED) is 0.460. The van der Waals surface area contributed by atoms with Gasteiger partial charge < -0.3 is 0 Å². The van der Waals surface area contributed by atoms with Gasteiger partial charge in [-0.1, -0.05) is 54.3 Å². The lowest BCUT2D eigenvalue weighted by Gasteiger charge is -1.96. The van der Waals surface area contributed by atoms with Crippen LogP contribution in [0.2, 0.25) is 0 Å². The molecule has 0 amide bonds. The van der Waals surface area contributed by atoms with Gasteiger partial charge in [0.25, 0.3) is 0 Å². The van der Waals surface area contributed by atoms with Crippen LogP contribution in [0.15, 0.2) is 35.4 Å². The highest BCUT2D eigenvalue weighted by Crippen LogP contribution is 1.95. The fourth-order valence-corrected chi connectivity index (χ4v) is 0.941. The van der Waals surface area contributed by atoms with Gasteiger partial charge in [-0.25, -0.2) is 0 Å². The third-order valence-electron chi connectivity index (χ3n) is 1.35. The van der Waals surface area contributed by atoms with Crippen LogP contribution in [-0.2, 0) is 0 Å². The van der Waals surface area contributed by atoms with Crippen LogP contribution in [0.3, 0.4) is 0 Å². The summed E-state index contributed by atoms with van der Waals surface area (Å²) in [5.41, 5.74) is 3.80. The van der Waals surface area contributed by atoms with Crippen molar-refractivity contribution < 1.29 is 0 Å². The average Bonchev–Trinajstić information content (AvgIpc) is 2.19. The molecule has 4 heteroatoms. The molecule has 0 saturated carbocycles. The number of nitrogens with zero attached hydrogens (tertiary/aromatic N) is 1. The highest BCUT2D eigenvalue weighted by molar-refractivity contribution is 8.22. The SMILES string of the molecule is CSC(=S)N/N=C/c1ccccc1. The van der Waals surface area contributed by atoms with E-state index in [1.54, 1.807) is 6.21 Å². The monoisotopic (exact) mass is 210 g/mol. The van der Waals surface area contributed by atoms with E-state index >= 15 is 0 Å². The Labute approximate surface area is 87.4 Å². The molecule has 0 aliphatic heterocycles. The van der Waals surface area contributed by atoms with Crippen molar-refractivity contribution in [1.82, 2.24) is 5.43 Å². The summed E-state index contributed by atoms with van der Waals surface area (Å²) >= 11 is 6.38. The summed E-state index contributed by atoms with van der Waals surface area (Å²) in [4.78, 5) is 0. The van der Waals surface area contributed by atoms with Crippen LogP contribution in [0, 0.1) is 0 Å². The van der Waals surface area contributed by atoms with Crippen LogP contribution in [-0.4, -0.2) is 16.8 Å². The lowest BCUT2D eigenvalue weighted by atomic mass is 10.2. The van der Waals surface area contributed by atoms with E-state index in [1.807, 2.05) is 36.6 Å². The van der Waals surface area contributed by atoms with Crippen molar-refractivity contribution in [3.8, 4) is 0 Å². The van der Waals surface area contributed by atoms with E-state index < -0.39 is 0 Å². The summed E-state index contributed by atoms with van der Waals surface area (Å²) in [5.74, 6) is 0. The molecule has 0 spiro atoms. The van der Waals surface area contributed by atoms with Gasteiger partial charge in [0.1, 0.15) is 0 Å². The first-order chi connectivity index (χ1) is 6.33. The van der Waals surface area contributed by atoms with Crippen LogP contribution in [0.25, 0.3) is 0 Å². The van der Waals surface area contributed by atoms with E-state index in [0.29, 0.717) is 4.32 Å². The summed E-state index contributed by atoms with van der Waals surface area (Å²) in [7, 11) is 0. The summed E-state index contributed by atoms with van der Waals surface area (Å²) in [6, 6.07) is 9.86. The maximum absolute atomic E-state index is 4.91. The zero-order valence-electron chi connectivity index (χ0n) is 7.23. The molecule has 13 heavy (non-hydrogen) atoms. The maximum Gasteiger partial charge on any atom is 0.153 e. The molecule has 0 aromatic heterocycles. The van der Waals surface area contributed by atoms with E-state index in [2.05, 4.69) is 10.5 Å². The fourth-order valence-electron chi connectivity index (χ4n) is 0.744. The Morgan fingerprint density at radius 1 is 1.46 bits per heavy atom. The van der Waals surface area contributed by atoms with E-state index in [4.69, 9.17) is 12.2 Å². The second kappa shape index (κ2) is 5.72. The Kier molecular flexibility index (Phi) is 4.49. The van der Waals surface area contributed by atoms with Crippen LogP contribution in [0.1, 0.15) is 5.56 Å².